The molecule has 0 aliphatic rings. The van der Waals surface area contributed by atoms with Gasteiger partial charge in [0.2, 0.25) is 0 Å². The molecule has 1 amide bonds. The number of amides is 1. The number of nitrogens with one attached hydrogen (secondary N) is 1. The van der Waals surface area contributed by atoms with Crippen molar-refractivity contribution in [3.05, 3.63) is 95.3 Å². The van der Waals surface area contributed by atoms with Crippen molar-refractivity contribution < 1.29 is 19.0 Å². The van der Waals surface area contributed by atoms with Gasteiger partial charge in [-0.05, 0) is 35.9 Å². The van der Waals surface area contributed by atoms with E-state index >= 15 is 0 Å². The van der Waals surface area contributed by atoms with Crippen molar-refractivity contribution in [2.45, 2.75) is 6.54 Å². The minimum Gasteiger partial charge on any atom is -0.497 e. The lowest BCUT2D eigenvalue weighted by Gasteiger charge is -2.13. The van der Waals surface area contributed by atoms with Crippen molar-refractivity contribution in [2.75, 3.05) is 27.4 Å². The van der Waals surface area contributed by atoms with E-state index in [9.17, 15) is 9.59 Å². The second-order valence-corrected chi connectivity index (χ2v) is 7.85. The number of para-hydroxylation sites is 1. The van der Waals surface area contributed by atoms with Crippen molar-refractivity contribution in [3.8, 4) is 39.6 Å². The third kappa shape index (κ3) is 5.90. The average Bonchev–Trinajstić information content (AvgIpc) is 2.93. The molecule has 184 valence electrons. The molecule has 0 fully saturated rings. The normalized spacial score (nSPS) is 10.5. The predicted octanol–water partition coefficient (Wildman–Crippen LogP) is 3.79. The largest absolute Gasteiger partial charge is 0.497 e. The van der Waals surface area contributed by atoms with Crippen molar-refractivity contribution >= 4 is 5.91 Å². The predicted molar refractivity (Wildman–Crippen MR) is 137 cm³/mol. The molecule has 0 unspecified atom stereocenters. The van der Waals surface area contributed by atoms with Crippen molar-refractivity contribution in [1.82, 2.24) is 15.1 Å². The van der Waals surface area contributed by atoms with Crippen LogP contribution in [0.4, 0.5) is 0 Å². The van der Waals surface area contributed by atoms with E-state index in [1.165, 1.54) is 10.7 Å². The summed E-state index contributed by atoms with van der Waals surface area (Å²) in [6.07, 6.45) is 0. The summed E-state index contributed by atoms with van der Waals surface area (Å²) in [7, 11) is 3.14. The number of nitrogens with zero attached hydrogens (tertiary/aromatic N) is 2. The lowest BCUT2D eigenvalue weighted by atomic mass is 10.1. The van der Waals surface area contributed by atoms with Crippen LogP contribution in [0.2, 0.25) is 0 Å². The highest BCUT2D eigenvalue weighted by Gasteiger charge is 2.12. The molecule has 0 atom stereocenters. The minimum atomic E-state index is -0.295. The summed E-state index contributed by atoms with van der Waals surface area (Å²) in [5.41, 5.74) is 2.89. The van der Waals surface area contributed by atoms with Gasteiger partial charge in [0.1, 0.15) is 17.2 Å². The zero-order valence-electron chi connectivity index (χ0n) is 20.1. The standard InChI is InChI=1S/C28H27N3O5/c1-34-21-12-14-25(35-2)23(18-21)24-13-15-28(33)31(30-24)17-16-29-27(32)19-36-26-11-7-6-10-22(26)20-8-4-3-5-9-20/h3-15,18H,16-17,19H2,1-2H3,(H,29,32). The van der Waals surface area contributed by atoms with E-state index in [0.29, 0.717) is 28.5 Å². The zero-order chi connectivity index (χ0) is 25.3. The quantitative estimate of drug-likeness (QED) is 0.368. The van der Waals surface area contributed by atoms with Gasteiger partial charge in [0, 0.05) is 23.7 Å². The van der Waals surface area contributed by atoms with E-state index in [-0.39, 0.29) is 31.2 Å². The third-order valence-corrected chi connectivity index (χ3v) is 5.53. The van der Waals surface area contributed by atoms with E-state index in [0.717, 1.165) is 11.1 Å². The van der Waals surface area contributed by atoms with Crippen molar-refractivity contribution in [1.29, 1.82) is 0 Å². The maximum absolute atomic E-state index is 12.4. The highest BCUT2D eigenvalue weighted by molar-refractivity contribution is 5.78. The van der Waals surface area contributed by atoms with Gasteiger partial charge in [-0.3, -0.25) is 9.59 Å². The van der Waals surface area contributed by atoms with Gasteiger partial charge in [-0.2, -0.15) is 5.10 Å². The van der Waals surface area contributed by atoms with Crippen LogP contribution in [0, 0.1) is 0 Å². The number of hydrogen-bond acceptors (Lipinski definition) is 6. The monoisotopic (exact) mass is 485 g/mol. The maximum Gasteiger partial charge on any atom is 0.266 e. The molecular formula is C28H27N3O5. The summed E-state index contributed by atoms with van der Waals surface area (Å²) < 4.78 is 17.8. The van der Waals surface area contributed by atoms with Crippen LogP contribution < -0.4 is 25.1 Å². The second kappa shape index (κ2) is 11.7. The molecule has 0 aliphatic carbocycles. The molecule has 1 N–H and O–H groups in total. The first-order valence-electron chi connectivity index (χ1n) is 11.4. The Morgan fingerprint density at radius 2 is 1.64 bits per heavy atom. The molecule has 1 aromatic heterocycles. The van der Waals surface area contributed by atoms with Gasteiger partial charge >= 0.3 is 0 Å². The lowest BCUT2D eigenvalue weighted by Crippen LogP contribution is -2.34. The van der Waals surface area contributed by atoms with Crippen LogP contribution in [0.1, 0.15) is 0 Å². The van der Waals surface area contributed by atoms with Crippen LogP contribution >= 0.6 is 0 Å². The molecule has 8 heteroatoms. The Balaban J connectivity index is 1.38. The minimum absolute atomic E-state index is 0.146. The lowest BCUT2D eigenvalue weighted by molar-refractivity contribution is -0.123. The SMILES string of the molecule is COc1ccc(OC)c(-c2ccc(=O)n(CCNC(=O)COc3ccccc3-c3ccccc3)n2)c1. The Kier molecular flexibility index (Phi) is 7.97. The Bertz CT molecular complexity index is 1390. The summed E-state index contributed by atoms with van der Waals surface area (Å²) in [5, 5.41) is 7.23. The smallest absolute Gasteiger partial charge is 0.266 e. The van der Waals surface area contributed by atoms with Crippen LogP contribution in [0.3, 0.4) is 0 Å². The molecule has 0 saturated heterocycles. The molecule has 1 heterocycles. The van der Waals surface area contributed by atoms with E-state index in [4.69, 9.17) is 14.2 Å². The summed E-state index contributed by atoms with van der Waals surface area (Å²) in [6, 6.07) is 25.8. The van der Waals surface area contributed by atoms with Crippen molar-refractivity contribution in [2.24, 2.45) is 0 Å². The molecule has 0 bridgehead atoms. The topological polar surface area (TPSA) is 91.7 Å². The molecular weight excluding hydrogens is 458 g/mol. The van der Waals surface area contributed by atoms with Crippen LogP contribution in [-0.2, 0) is 11.3 Å². The van der Waals surface area contributed by atoms with Crippen LogP contribution in [0.5, 0.6) is 17.2 Å². The first-order valence-corrected chi connectivity index (χ1v) is 11.4. The van der Waals surface area contributed by atoms with Gasteiger partial charge in [0.15, 0.2) is 6.61 Å². The number of carbonyl (C=O) groups excluding carboxylic acids is 1. The summed E-state index contributed by atoms with van der Waals surface area (Å²) in [6.45, 7) is 0.270. The number of benzene rings is 3. The number of aromatic nitrogens is 2. The van der Waals surface area contributed by atoms with Gasteiger partial charge in [0.25, 0.3) is 11.5 Å². The zero-order valence-corrected chi connectivity index (χ0v) is 20.1. The van der Waals surface area contributed by atoms with E-state index < -0.39 is 0 Å². The van der Waals surface area contributed by atoms with Crippen LogP contribution in [0.15, 0.2) is 89.7 Å². The molecule has 36 heavy (non-hydrogen) atoms. The molecule has 0 radical (unpaired) electrons. The van der Waals surface area contributed by atoms with E-state index in [1.807, 2.05) is 54.6 Å². The Labute approximate surface area is 209 Å². The number of ether oxygens (including phenoxy) is 3. The number of hydrogen-bond donors (Lipinski definition) is 1. The Morgan fingerprint density at radius 1 is 0.861 bits per heavy atom. The van der Waals surface area contributed by atoms with Gasteiger partial charge < -0.3 is 19.5 Å². The molecule has 4 rings (SSSR count). The fraction of sp³-hybridized carbons (Fsp3) is 0.179. The number of methoxy groups -OCH3 is 2. The van der Waals surface area contributed by atoms with Gasteiger partial charge in [-0.1, -0.05) is 48.5 Å². The Morgan fingerprint density at radius 3 is 2.42 bits per heavy atom. The molecule has 0 saturated carbocycles. The number of carbonyl (C=O) groups is 1. The van der Waals surface area contributed by atoms with Crippen LogP contribution in [-0.4, -0.2) is 43.1 Å². The van der Waals surface area contributed by atoms with Gasteiger partial charge in [-0.15, -0.1) is 0 Å². The first kappa shape index (κ1) is 24.5. The molecule has 0 spiro atoms. The molecule has 0 aliphatic heterocycles. The summed E-state index contributed by atoms with van der Waals surface area (Å²) in [4.78, 5) is 24.8. The molecule has 3 aromatic carbocycles. The Hall–Kier alpha value is -4.59. The van der Waals surface area contributed by atoms with E-state index in [2.05, 4.69) is 10.4 Å². The van der Waals surface area contributed by atoms with E-state index in [1.54, 1.807) is 38.5 Å². The maximum atomic E-state index is 12.4. The third-order valence-electron chi connectivity index (χ3n) is 5.53. The summed E-state index contributed by atoms with van der Waals surface area (Å²) >= 11 is 0. The fourth-order valence-corrected chi connectivity index (χ4v) is 3.71. The first-order chi connectivity index (χ1) is 17.6. The van der Waals surface area contributed by atoms with Gasteiger partial charge in [0.05, 0.1) is 26.5 Å². The second-order valence-electron chi connectivity index (χ2n) is 7.85. The van der Waals surface area contributed by atoms with Crippen LogP contribution in [0.25, 0.3) is 22.4 Å². The average molecular weight is 486 g/mol. The molecule has 8 nitrogen and oxygen atoms in total. The molecule has 4 aromatic rings. The summed E-state index contributed by atoms with van der Waals surface area (Å²) in [5.74, 6) is 1.58. The highest BCUT2D eigenvalue weighted by atomic mass is 16.5. The fourth-order valence-electron chi connectivity index (χ4n) is 3.71. The highest BCUT2D eigenvalue weighted by Crippen LogP contribution is 2.32. The number of rotatable bonds is 10. The van der Waals surface area contributed by atoms with Gasteiger partial charge in [-0.25, -0.2) is 4.68 Å². The van der Waals surface area contributed by atoms with Crippen molar-refractivity contribution in [3.63, 3.8) is 0 Å².